The molecule has 0 unspecified atom stereocenters. The van der Waals surface area contributed by atoms with Crippen LogP contribution in [-0.4, -0.2) is 28.1 Å². The second kappa shape index (κ2) is 7.62. The molecular formula is C25H27F3N2. The van der Waals surface area contributed by atoms with E-state index < -0.39 is 23.3 Å². The largest absolute Gasteiger partial charge is 0.357 e. The molecule has 30 heavy (non-hydrogen) atoms. The highest BCUT2D eigenvalue weighted by molar-refractivity contribution is 5.85. The highest BCUT2D eigenvalue weighted by atomic mass is 19.1. The zero-order chi connectivity index (χ0) is 21.6. The summed E-state index contributed by atoms with van der Waals surface area (Å²) in [5.74, 6) is -1.23. The number of benzene rings is 2. The summed E-state index contributed by atoms with van der Waals surface area (Å²) >= 11 is 0. The van der Waals surface area contributed by atoms with Gasteiger partial charge < -0.3 is 4.98 Å². The Morgan fingerprint density at radius 2 is 1.83 bits per heavy atom. The topological polar surface area (TPSA) is 19.0 Å². The predicted octanol–water partition coefficient (Wildman–Crippen LogP) is 6.56. The third-order valence-corrected chi connectivity index (χ3v) is 5.81. The Morgan fingerprint density at radius 1 is 1.17 bits per heavy atom. The summed E-state index contributed by atoms with van der Waals surface area (Å²) in [7, 11) is 0. The molecule has 4 rings (SSSR count). The van der Waals surface area contributed by atoms with Gasteiger partial charge in [-0.05, 0) is 63.4 Å². The number of hydrogen-bond donors (Lipinski definition) is 1. The number of hydrogen-bond acceptors (Lipinski definition) is 1. The van der Waals surface area contributed by atoms with Gasteiger partial charge in [0, 0.05) is 34.7 Å². The standard InChI is InChI=1S/C25H27F3N2/c1-5-8-16-12-19(26)22(20(27)13-16)24-23-18(17-9-6-7-10-21(17)29-23)11-15(2)30(24)14-25(3,4)28/h5-10,12-13,15,24,29H,11,14H2,1-4H3/b8-5+/t15-,24-/m1/s1. The van der Waals surface area contributed by atoms with Gasteiger partial charge in [-0.3, -0.25) is 4.90 Å². The molecule has 0 spiro atoms. The Kier molecular flexibility index (Phi) is 5.27. The lowest BCUT2D eigenvalue weighted by molar-refractivity contribution is 0.0643. The molecule has 0 amide bonds. The first kappa shape index (κ1) is 20.7. The van der Waals surface area contributed by atoms with Crippen LogP contribution in [0.4, 0.5) is 13.2 Å². The maximum absolute atomic E-state index is 15.3. The monoisotopic (exact) mass is 412 g/mol. The normalized spacial score (nSPS) is 20.2. The van der Waals surface area contributed by atoms with Crippen LogP contribution in [-0.2, 0) is 6.42 Å². The number of halogens is 3. The highest BCUT2D eigenvalue weighted by Gasteiger charge is 2.40. The first-order chi connectivity index (χ1) is 14.2. The van der Waals surface area contributed by atoms with E-state index in [0.29, 0.717) is 12.0 Å². The van der Waals surface area contributed by atoms with Crippen molar-refractivity contribution in [3.63, 3.8) is 0 Å². The van der Waals surface area contributed by atoms with Crippen LogP contribution in [0.3, 0.4) is 0 Å². The van der Waals surface area contributed by atoms with Crippen molar-refractivity contribution in [3.05, 3.63) is 76.5 Å². The Bertz CT molecular complexity index is 1080. The summed E-state index contributed by atoms with van der Waals surface area (Å²) < 4.78 is 45.3. The number of para-hydroxylation sites is 1. The van der Waals surface area contributed by atoms with Crippen LogP contribution in [0.5, 0.6) is 0 Å². The molecule has 2 aromatic carbocycles. The van der Waals surface area contributed by atoms with Crippen LogP contribution in [0.2, 0.25) is 0 Å². The fourth-order valence-electron chi connectivity index (χ4n) is 4.65. The van der Waals surface area contributed by atoms with Gasteiger partial charge in [0.05, 0.1) is 6.04 Å². The zero-order valence-electron chi connectivity index (χ0n) is 17.8. The minimum atomic E-state index is -1.51. The van der Waals surface area contributed by atoms with E-state index in [-0.39, 0.29) is 18.2 Å². The lowest BCUT2D eigenvalue weighted by atomic mass is 9.87. The molecular weight excluding hydrogens is 385 g/mol. The van der Waals surface area contributed by atoms with Crippen LogP contribution in [0.1, 0.15) is 56.1 Å². The highest BCUT2D eigenvalue weighted by Crippen LogP contribution is 2.43. The molecule has 0 radical (unpaired) electrons. The molecule has 1 aliphatic rings. The summed E-state index contributed by atoms with van der Waals surface area (Å²) in [6, 6.07) is 9.75. The fraction of sp³-hybridized carbons (Fsp3) is 0.360. The van der Waals surface area contributed by atoms with Gasteiger partial charge >= 0.3 is 0 Å². The average molecular weight is 412 g/mol. The first-order valence-electron chi connectivity index (χ1n) is 10.4. The molecule has 3 aromatic rings. The van der Waals surface area contributed by atoms with Gasteiger partial charge in [-0.25, -0.2) is 13.2 Å². The first-order valence-corrected chi connectivity index (χ1v) is 10.4. The molecule has 0 saturated heterocycles. The molecule has 2 nitrogen and oxygen atoms in total. The maximum atomic E-state index is 15.3. The van der Waals surface area contributed by atoms with E-state index in [2.05, 4.69) is 4.98 Å². The van der Waals surface area contributed by atoms with Crippen LogP contribution in [0.15, 0.2) is 42.5 Å². The van der Waals surface area contributed by atoms with E-state index in [1.165, 1.54) is 26.0 Å². The van der Waals surface area contributed by atoms with E-state index in [1.54, 1.807) is 19.1 Å². The lowest BCUT2D eigenvalue weighted by Gasteiger charge is -2.43. The number of fused-ring (bicyclic) bond motifs is 3. The molecule has 1 N–H and O–H groups in total. The molecule has 2 atom stereocenters. The Hall–Kier alpha value is -2.53. The third kappa shape index (κ3) is 3.67. The minimum absolute atomic E-state index is 0.0353. The van der Waals surface area contributed by atoms with E-state index in [0.717, 1.165) is 22.2 Å². The summed E-state index contributed by atoms with van der Waals surface area (Å²) in [4.78, 5) is 5.27. The van der Waals surface area contributed by atoms with Gasteiger partial charge in [0.25, 0.3) is 0 Å². The van der Waals surface area contributed by atoms with Crippen LogP contribution < -0.4 is 0 Å². The van der Waals surface area contributed by atoms with Crippen molar-refractivity contribution in [2.75, 3.05) is 6.54 Å². The Morgan fingerprint density at radius 3 is 2.47 bits per heavy atom. The van der Waals surface area contributed by atoms with Crippen LogP contribution in [0.25, 0.3) is 17.0 Å². The van der Waals surface area contributed by atoms with E-state index in [9.17, 15) is 4.39 Å². The van der Waals surface area contributed by atoms with Gasteiger partial charge in [-0.15, -0.1) is 0 Å². The zero-order valence-corrected chi connectivity index (χ0v) is 17.8. The molecule has 158 valence electrons. The number of aromatic amines is 1. The Balaban J connectivity index is 1.96. The van der Waals surface area contributed by atoms with Crippen molar-refractivity contribution in [1.82, 2.24) is 9.88 Å². The van der Waals surface area contributed by atoms with Gasteiger partial charge in [0.1, 0.15) is 17.3 Å². The van der Waals surface area contributed by atoms with Crippen molar-refractivity contribution in [3.8, 4) is 0 Å². The maximum Gasteiger partial charge on any atom is 0.131 e. The molecule has 0 saturated carbocycles. The molecule has 0 fully saturated rings. The number of aromatic nitrogens is 1. The number of H-pyrrole nitrogens is 1. The molecule has 0 bridgehead atoms. The van der Waals surface area contributed by atoms with Gasteiger partial charge in [0.2, 0.25) is 0 Å². The van der Waals surface area contributed by atoms with E-state index in [4.69, 9.17) is 0 Å². The van der Waals surface area contributed by atoms with E-state index in [1.807, 2.05) is 36.1 Å². The summed E-state index contributed by atoms with van der Waals surface area (Å²) in [5.41, 5.74) is 1.64. The average Bonchev–Trinajstić information content (AvgIpc) is 3.01. The summed E-state index contributed by atoms with van der Waals surface area (Å²) in [5, 5.41) is 1.05. The van der Waals surface area contributed by atoms with Crippen LogP contribution >= 0.6 is 0 Å². The second-order valence-corrected chi connectivity index (χ2v) is 8.81. The summed E-state index contributed by atoms with van der Waals surface area (Å²) in [6.07, 6.45) is 4.09. The SMILES string of the molecule is C/C=C/c1cc(F)c([C@@H]2c3[nH]c4ccccc4c3C[C@@H](C)N2CC(C)(C)F)c(F)c1. The van der Waals surface area contributed by atoms with Crippen molar-refractivity contribution in [2.45, 2.75) is 51.9 Å². The molecule has 1 aromatic heterocycles. The van der Waals surface area contributed by atoms with Gasteiger partial charge in [-0.2, -0.15) is 0 Å². The number of nitrogens with zero attached hydrogens (tertiary/aromatic N) is 1. The Labute approximate surface area is 175 Å². The third-order valence-electron chi connectivity index (χ3n) is 5.81. The predicted molar refractivity (Wildman–Crippen MR) is 116 cm³/mol. The summed E-state index contributed by atoms with van der Waals surface area (Å²) in [6.45, 7) is 6.86. The van der Waals surface area contributed by atoms with Crippen molar-refractivity contribution in [1.29, 1.82) is 0 Å². The number of allylic oxidation sites excluding steroid dienone is 1. The van der Waals surface area contributed by atoms with Crippen LogP contribution in [0, 0.1) is 11.6 Å². The molecule has 2 heterocycles. The smallest absolute Gasteiger partial charge is 0.131 e. The quantitative estimate of drug-likeness (QED) is 0.514. The van der Waals surface area contributed by atoms with Crippen molar-refractivity contribution in [2.24, 2.45) is 0 Å². The molecule has 0 aliphatic carbocycles. The van der Waals surface area contributed by atoms with Crippen molar-refractivity contribution >= 4 is 17.0 Å². The molecule has 1 aliphatic heterocycles. The van der Waals surface area contributed by atoms with E-state index >= 15 is 8.78 Å². The lowest BCUT2D eigenvalue weighted by Crippen LogP contribution is -2.48. The fourth-order valence-corrected chi connectivity index (χ4v) is 4.65. The van der Waals surface area contributed by atoms with Gasteiger partial charge in [0.15, 0.2) is 0 Å². The van der Waals surface area contributed by atoms with Crippen molar-refractivity contribution < 1.29 is 13.2 Å². The minimum Gasteiger partial charge on any atom is -0.357 e. The second-order valence-electron chi connectivity index (χ2n) is 8.81. The number of rotatable bonds is 4. The van der Waals surface area contributed by atoms with Gasteiger partial charge in [-0.1, -0.05) is 30.4 Å². The molecule has 5 heteroatoms. The number of nitrogens with one attached hydrogen (secondary N) is 1. The number of alkyl halides is 1.